The fourth-order valence-electron chi connectivity index (χ4n) is 3.74. The molecule has 1 aromatic rings. The standard InChI is InChI=1S/C25H36ClN3O4S2/c1-4-27-25(33)23(31)20(15-17-9-11-18(26)12-10-17)28-24(32)22(16(2)3)29-21(30)8-6-5-7-19-13-14-34-35-19/h9-12,16,19-20,22H,4-8,13-15H2,1-3H3,(H,27,33)(H,28,32)(H,29,30)/t19?,20-,22-/m0/s1. The van der Waals surface area contributed by atoms with Crippen LogP contribution in [0.5, 0.6) is 0 Å². The summed E-state index contributed by atoms with van der Waals surface area (Å²) in [6, 6.07) is 5.00. The van der Waals surface area contributed by atoms with E-state index in [1.807, 2.05) is 35.4 Å². The molecule has 1 aliphatic rings. The number of halogens is 1. The molecular weight excluding hydrogens is 506 g/mol. The van der Waals surface area contributed by atoms with Gasteiger partial charge < -0.3 is 16.0 Å². The van der Waals surface area contributed by atoms with Crippen LogP contribution in [0.2, 0.25) is 5.02 Å². The van der Waals surface area contributed by atoms with Crippen molar-refractivity contribution >= 4 is 56.7 Å². The zero-order valence-corrected chi connectivity index (χ0v) is 23.0. The quantitative estimate of drug-likeness (QED) is 0.187. The molecular formula is C25H36ClN3O4S2. The van der Waals surface area contributed by atoms with Gasteiger partial charge in [-0.3, -0.25) is 19.2 Å². The Bertz CT molecular complexity index is 861. The van der Waals surface area contributed by atoms with Gasteiger partial charge in [0, 0.05) is 35.4 Å². The van der Waals surface area contributed by atoms with Crippen LogP contribution < -0.4 is 16.0 Å². The monoisotopic (exact) mass is 541 g/mol. The summed E-state index contributed by atoms with van der Waals surface area (Å²) in [6.07, 6.45) is 4.57. The maximum absolute atomic E-state index is 13.1. The van der Waals surface area contributed by atoms with Gasteiger partial charge in [-0.1, -0.05) is 65.6 Å². The van der Waals surface area contributed by atoms with Crippen molar-refractivity contribution in [2.24, 2.45) is 5.92 Å². The first kappa shape index (κ1) is 29.5. The molecule has 0 aliphatic carbocycles. The minimum Gasteiger partial charge on any atom is -0.350 e. The molecule has 35 heavy (non-hydrogen) atoms. The van der Waals surface area contributed by atoms with E-state index < -0.39 is 29.7 Å². The summed E-state index contributed by atoms with van der Waals surface area (Å²) in [4.78, 5) is 50.7. The number of benzene rings is 1. The summed E-state index contributed by atoms with van der Waals surface area (Å²) in [5, 5.41) is 9.25. The predicted molar refractivity (Wildman–Crippen MR) is 144 cm³/mol. The third kappa shape index (κ3) is 10.4. The Morgan fingerprint density at radius 2 is 1.80 bits per heavy atom. The molecule has 1 saturated heterocycles. The lowest BCUT2D eigenvalue weighted by Gasteiger charge is -2.25. The Morgan fingerprint density at radius 1 is 1.09 bits per heavy atom. The Morgan fingerprint density at radius 3 is 2.40 bits per heavy atom. The molecule has 1 heterocycles. The molecule has 0 radical (unpaired) electrons. The van der Waals surface area contributed by atoms with Crippen molar-refractivity contribution in [1.29, 1.82) is 0 Å². The highest BCUT2D eigenvalue weighted by atomic mass is 35.5. The maximum Gasteiger partial charge on any atom is 0.289 e. The Kier molecular flexibility index (Phi) is 13.0. The third-order valence-corrected chi connectivity index (χ3v) is 8.98. The van der Waals surface area contributed by atoms with Crippen LogP contribution in [0.3, 0.4) is 0 Å². The summed E-state index contributed by atoms with van der Waals surface area (Å²) in [7, 11) is 3.85. The number of ketones is 1. The number of carbonyl (C=O) groups is 4. The zero-order chi connectivity index (χ0) is 25.8. The molecule has 194 valence electrons. The van der Waals surface area contributed by atoms with E-state index in [0.29, 0.717) is 23.2 Å². The molecule has 7 nitrogen and oxygen atoms in total. The van der Waals surface area contributed by atoms with Gasteiger partial charge in [0.1, 0.15) is 12.1 Å². The molecule has 1 aliphatic heterocycles. The molecule has 3 amide bonds. The molecule has 1 fully saturated rings. The van der Waals surface area contributed by atoms with Crippen LogP contribution in [0.4, 0.5) is 0 Å². The van der Waals surface area contributed by atoms with E-state index in [0.717, 1.165) is 24.8 Å². The molecule has 0 saturated carbocycles. The second-order valence-electron chi connectivity index (χ2n) is 8.98. The lowest BCUT2D eigenvalue weighted by atomic mass is 9.98. The number of carbonyl (C=O) groups excluding carboxylic acids is 4. The molecule has 10 heteroatoms. The summed E-state index contributed by atoms with van der Waals surface area (Å²) >= 11 is 5.95. The number of Topliss-reactive ketones (excluding diaryl/α,β-unsaturated/α-hetero) is 1. The van der Waals surface area contributed by atoms with Crippen LogP contribution in [0.1, 0.15) is 58.4 Å². The van der Waals surface area contributed by atoms with E-state index >= 15 is 0 Å². The van der Waals surface area contributed by atoms with E-state index in [1.165, 1.54) is 12.2 Å². The summed E-state index contributed by atoms with van der Waals surface area (Å²) < 4.78 is 0. The van der Waals surface area contributed by atoms with Crippen LogP contribution in [0.25, 0.3) is 0 Å². The Balaban J connectivity index is 1.98. The van der Waals surface area contributed by atoms with Crippen molar-refractivity contribution in [3.05, 3.63) is 34.9 Å². The van der Waals surface area contributed by atoms with Gasteiger partial charge in [0.2, 0.25) is 17.6 Å². The van der Waals surface area contributed by atoms with Gasteiger partial charge in [-0.15, -0.1) is 0 Å². The van der Waals surface area contributed by atoms with Crippen molar-refractivity contribution in [3.8, 4) is 0 Å². The van der Waals surface area contributed by atoms with Crippen LogP contribution in [0.15, 0.2) is 24.3 Å². The normalized spacial score (nSPS) is 17.0. The molecule has 0 bridgehead atoms. The topological polar surface area (TPSA) is 104 Å². The number of amides is 3. The molecule has 1 aromatic carbocycles. The molecule has 0 aromatic heterocycles. The summed E-state index contributed by atoms with van der Waals surface area (Å²) in [5.74, 6) is -1.15. The molecule has 2 rings (SSSR count). The first-order chi connectivity index (χ1) is 16.7. The minimum absolute atomic E-state index is 0.134. The van der Waals surface area contributed by atoms with Crippen molar-refractivity contribution in [2.45, 2.75) is 76.6 Å². The van der Waals surface area contributed by atoms with Crippen LogP contribution in [-0.2, 0) is 25.6 Å². The highest BCUT2D eigenvalue weighted by Gasteiger charge is 2.31. The number of unbranched alkanes of at least 4 members (excludes halogenated alkanes) is 1. The van der Waals surface area contributed by atoms with Crippen molar-refractivity contribution in [3.63, 3.8) is 0 Å². The smallest absolute Gasteiger partial charge is 0.289 e. The van der Waals surface area contributed by atoms with Gasteiger partial charge in [-0.2, -0.15) is 0 Å². The fraction of sp³-hybridized carbons (Fsp3) is 0.600. The van der Waals surface area contributed by atoms with Crippen molar-refractivity contribution in [2.75, 3.05) is 12.3 Å². The maximum atomic E-state index is 13.1. The summed E-state index contributed by atoms with van der Waals surface area (Å²) in [6.45, 7) is 5.68. The van der Waals surface area contributed by atoms with E-state index in [4.69, 9.17) is 11.6 Å². The van der Waals surface area contributed by atoms with Crippen molar-refractivity contribution in [1.82, 2.24) is 16.0 Å². The molecule has 0 spiro atoms. The number of nitrogens with one attached hydrogen (secondary N) is 3. The highest BCUT2D eigenvalue weighted by molar-refractivity contribution is 8.77. The molecule has 3 N–H and O–H groups in total. The lowest BCUT2D eigenvalue weighted by Crippen LogP contribution is -2.56. The predicted octanol–water partition coefficient (Wildman–Crippen LogP) is 3.93. The molecule has 1 unspecified atom stereocenters. The van der Waals surface area contributed by atoms with Gasteiger partial charge in [-0.25, -0.2) is 0 Å². The zero-order valence-electron chi connectivity index (χ0n) is 20.6. The fourth-order valence-corrected chi connectivity index (χ4v) is 6.89. The lowest BCUT2D eigenvalue weighted by molar-refractivity contribution is -0.140. The van der Waals surface area contributed by atoms with E-state index in [1.54, 1.807) is 31.2 Å². The van der Waals surface area contributed by atoms with Gasteiger partial charge in [0.25, 0.3) is 5.91 Å². The third-order valence-electron chi connectivity index (χ3n) is 5.72. The van der Waals surface area contributed by atoms with E-state index in [9.17, 15) is 19.2 Å². The van der Waals surface area contributed by atoms with Crippen molar-refractivity contribution < 1.29 is 19.2 Å². The Labute approximate surface area is 221 Å². The second-order valence-corrected chi connectivity index (χ2v) is 12.2. The minimum atomic E-state index is -1.06. The average Bonchev–Trinajstić information content (AvgIpc) is 3.34. The van der Waals surface area contributed by atoms with Gasteiger partial charge in [-0.05, 0) is 49.8 Å². The van der Waals surface area contributed by atoms with Crippen LogP contribution >= 0.6 is 33.2 Å². The number of hydrogen-bond donors (Lipinski definition) is 3. The first-order valence-electron chi connectivity index (χ1n) is 12.2. The largest absolute Gasteiger partial charge is 0.350 e. The van der Waals surface area contributed by atoms with Crippen LogP contribution in [-0.4, -0.2) is 53.1 Å². The van der Waals surface area contributed by atoms with Crippen LogP contribution in [0, 0.1) is 5.92 Å². The summed E-state index contributed by atoms with van der Waals surface area (Å²) in [5.41, 5.74) is 0.751. The average molecular weight is 542 g/mol. The van der Waals surface area contributed by atoms with Gasteiger partial charge >= 0.3 is 0 Å². The second kappa shape index (κ2) is 15.4. The first-order valence-corrected chi connectivity index (χ1v) is 14.9. The number of hydrogen-bond acceptors (Lipinski definition) is 6. The van der Waals surface area contributed by atoms with E-state index in [2.05, 4.69) is 16.0 Å². The molecule has 3 atom stereocenters. The van der Waals surface area contributed by atoms with E-state index in [-0.39, 0.29) is 18.2 Å². The highest BCUT2D eigenvalue weighted by Crippen LogP contribution is 2.39. The number of rotatable bonds is 14. The van der Waals surface area contributed by atoms with Gasteiger partial charge in [0.15, 0.2) is 0 Å². The number of likely N-dealkylation sites (N-methyl/N-ethyl adjacent to an activating group) is 1. The van der Waals surface area contributed by atoms with Gasteiger partial charge in [0.05, 0.1) is 0 Å². The SMILES string of the molecule is CCNC(=O)C(=O)[C@H](Cc1ccc(Cl)cc1)NC(=O)[C@@H](NC(=O)CCCCC1CCSS1)C(C)C. The Hall–Kier alpha value is -1.71.